The van der Waals surface area contributed by atoms with Gasteiger partial charge in [-0.3, -0.25) is 19.5 Å². The van der Waals surface area contributed by atoms with Crippen LogP contribution in [0.4, 0.5) is 10.2 Å². The number of hydrogen-bond acceptors (Lipinski definition) is 6. The molecule has 9 heteroatoms. The number of halogens is 1. The van der Waals surface area contributed by atoms with E-state index in [4.69, 9.17) is 4.74 Å². The Morgan fingerprint density at radius 1 is 1.03 bits per heavy atom. The molecule has 1 N–H and O–H groups in total. The Morgan fingerprint density at radius 3 is 2.34 bits per heavy atom. The minimum atomic E-state index is -0.454. The highest BCUT2D eigenvalue weighted by atomic mass is 19.1. The second-order valence-corrected chi connectivity index (χ2v) is 9.08. The van der Waals surface area contributed by atoms with E-state index in [9.17, 15) is 14.0 Å². The van der Waals surface area contributed by atoms with Crippen molar-refractivity contribution in [1.82, 2.24) is 19.8 Å². The van der Waals surface area contributed by atoms with Crippen molar-refractivity contribution >= 4 is 17.6 Å². The number of nitrogens with zero attached hydrogens (tertiary/aromatic N) is 4. The molecule has 0 radical (unpaired) electrons. The molecule has 1 saturated heterocycles. The summed E-state index contributed by atoms with van der Waals surface area (Å²) in [6.07, 6.45) is 4.72. The standard InChI is InChI=1S/C26H28FN5O3/c1-18(31-14-15-32(26(2,3)17-31)25(34)19-10-12-28-13-11-19)24(33)30-23-9-8-22(16-29-23)35-21-6-4-20(27)5-7-21/h4-13,16,18H,14-15,17H2,1-3H3,(H,29,30,33)/t18-/m0/s1. The van der Waals surface area contributed by atoms with E-state index < -0.39 is 11.6 Å². The van der Waals surface area contributed by atoms with E-state index in [-0.39, 0.29) is 17.6 Å². The number of ether oxygens (including phenoxy) is 1. The highest BCUT2D eigenvalue weighted by Crippen LogP contribution is 2.25. The van der Waals surface area contributed by atoms with Crippen LogP contribution in [0.2, 0.25) is 0 Å². The van der Waals surface area contributed by atoms with Gasteiger partial charge in [-0.25, -0.2) is 9.37 Å². The van der Waals surface area contributed by atoms with Crippen LogP contribution in [-0.2, 0) is 4.79 Å². The summed E-state index contributed by atoms with van der Waals surface area (Å²) in [7, 11) is 0. The van der Waals surface area contributed by atoms with Crippen LogP contribution in [0.5, 0.6) is 11.5 Å². The topological polar surface area (TPSA) is 87.7 Å². The Balaban J connectivity index is 1.34. The lowest BCUT2D eigenvalue weighted by atomic mass is 9.96. The van der Waals surface area contributed by atoms with Gasteiger partial charge in [-0.1, -0.05) is 0 Å². The van der Waals surface area contributed by atoms with Gasteiger partial charge in [0.2, 0.25) is 5.91 Å². The number of carbonyl (C=O) groups excluding carboxylic acids is 2. The second-order valence-electron chi connectivity index (χ2n) is 9.08. The van der Waals surface area contributed by atoms with E-state index in [1.54, 1.807) is 36.7 Å². The number of carbonyl (C=O) groups is 2. The predicted octanol–water partition coefficient (Wildman–Crippen LogP) is 3.97. The van der Waals surface area contributed by atoms with E-state index >= 15 is 0 Å². The van der Waals surface area contributed by atoms with Crippen LogP contribution in [0.15, 0.2) is 67.1 Å². The number of piperazine rings is 1. The summed E-state index contributed by atoms with van der Waals surface area (Å²) in [5, 5.41) is 2.84. The molecule has 1 aliphatic heterocycles. The van der Waals surface area contributed by atoms with Gasteiger partial charge in [-0.2, -0.15) is 0 Å². The molecule has 3 heterocycles. The van der Waals surface area contributed by atoms with Crippen LogP contribution >= 0.6 is 0 Å². The fourth-order valence-electron chi connectivity index (χ4n) is 4.10. The predicted molar refractivity (Wildman–Crippen MR) is 130 cm³/mol. The summed E-state index contributed by atoms with van der Waals surface area (Å²) in [5.74, 6) is 0.796. The summed E-state index contributed by atoms with van der Waals surface area (Å²) in [5.41, 5.74) is 0.148. The molecule has 3 aromatic rings. The molecule has 0 aliphatic carbocycles. The maximum Gasteiger partial charge on any atom is 0.254 e. The molecular formula is C26H28FN5O3. The number of aromatic nitrogens is 2. The minimum Gasteiger partial charge on any atom is -0.456 e. The van der Waals surface area contributed by atoms with E-state index in [0.717, 1.165) is 0 Å². The zero-order valence-corrected chi connectivity index (χ0v) is 19.9. The molecule has 1 atom stereocenters. The van der Waals surface area contributed by atoms with Gasteiger partial charge in [0.1, 0.15) is 23.1 Å². The summed E-state index contributed by atoms with van der Waals surface area (Å²) < 4.78 is 18.7. The third-order valence-corrected chi connectivity index (χ3v) is 6.07. The van der Waals surface area contributed by atoms with Crippen molar-refractivity contribution in [3.8, 4) is 11.5 Å². The molecule has 8 nitrogen and oxygen atoms in total. The van der Waals surface area contributed by atoms with Crippen molar-refractivity contribution in [3.63, 3.8) is 0 Å². The first-order chi connectivity index (χ1) is 16.7. The molecule has 0 bridgehead atoms. The van der Waals surface area contributed by atoms with Crippen LogP contribution in [0.3, 0.4) is 0 Å². The molecule has 1 fully saturated rings. The zero-order valence-electron chi connectivity index (χ0n) is 19.9. The fraction of sp³-hybridized carbons (Fsp3) is 0.308. The second kappa shape index (κ2) is 10.2. The van der Waals surface area contributed by atoms with Gasteiger partial charge >= 0.3 is 0 Å². The first-order valence-electron chi connectivity index (χ1n) is 11.4. The summed E-state index contributed by atoms with van der Waals surface area (Å²) in [6.45, 7) is 7.49. The van der Waals surface area contributed by atoms with Crippen molar-refractivity contribution in [2.24, 2.45) is 0 Å². The average Bonchev–Trinajstić information content (AvgIpc) is 2.85. The van der Waals surface area contributed by atoms with Crippen LogP contribution in [-0.4, -0.2) is 62.8 Å². The lowest BCUT2D eigenvalue weighted by Gasteiger charge is -2.48. The van der Waals surface area contributed by atoms with Gasteiger partial charge in [0, 0.05) is 37.6 Å². The van der Waals surface area contributed by atoms with Gasteiger partial charge in [0.05, 0.1) is 17.8 Å². The third kappa shape index (κ3) is 5.81. The van der Waals surface area contributed by atoms with Crippen molar-refractivity contribution < 1.29 is 18.7 Å². The maximum absolute atomic E-state index is 13.0. The van der Waals surface area contributed by atoms with Crippen LogP contribution < -0.4 is 10.1 Å². The highest BCUT2D eigenvalue weighted by Gasteiger charge is 2.39. The molecule has 35 heavy (non-hydrogen) atoms. The lowest BCUT2D eigenvalue weighted by molar-refractivity contribution is -0.122. The molecule has 1 aromatic carbocycles. The molecule has 0 spiro atoms. The van der Waals surface area contributed by atoms with E-state index in [2.05, 4.69) is 20.2 Å². The number of amides is 2. The number of pyridine rings is 2. The first kappa shape index (κ1) is 24.3. The molecule has 2 amide bonds. The van der Waals surface area contributed by atoms with Gasteiger partial charge in [0.15, 0.2) is 0 Å². The summed E-state index contributed by atoms with van der Waals surface area (Å²) in [4.78, 5) is 38.1. The molecule has 4 rings (SSSR count). The monoisotopic (exact) mass is 477 g/mol. The summed E-state index contributed by atoms with van der Waals surface area (Å²) >= 11 is 0. The number of hydrogen-bond donors (Lipinski definition) is 1. The van der Waals surface area contributed by atoms with Crippen molar-refractivity contribution in [2.45, 2.75) is 32.4 Å². The van der Waals surface area contributed by atoms with Gasteiger partial charge in [0.25, 0.3) is 5.91 Å². The Bertz CT molecular complexity index is 1170. The van der Waals surface area contributed by atoms with Gasteiger partial charge < -0.3 is 15.0 Å². The van der Waals surface area contributed by atoms with Crippen LogP contribution in [0.25, 0.3) is 0 Å². The summed E-state index contributed by atoms with van der Waals surface area (Å²) in [6, 6.07) is 12.0. The number of nitrogens with one attached hydrogen (secondary N) is 1. The molecule has 2 aromatic heterocycles. The minimum absolute atomic E-state index is 0.0405. The third-order valence-electron chi connectivity index (χ3n) is 6.07. The zero-order chi connectivity index (χ0) is 25.0. The quantitative estimate of drug-likeness (QED) is 0.578. The Labute approximate surface area is 203 Å². The van der Waals surface area contributed by atoms with E-state index in [1.165, 1.54) is 30.5 Å². The SMILES string of the molecule is C[C@@H](C(=O)Nc1ccc(Oc2ccc(F)cc2)cn1)N1CCN(C(=O)c2ccncc2)C(C)(C)C1. The molecule has 0 unspecified atom stereocenters. The van der Waals surface area contributed by atoms with Crippen molar-refractivity contribution in [1.29, 1.82) is 0 Å². The molecular weight excluding hydrogens is 449 g/mol. The largest absolute Gasteiger partial charge is 0.456 e. The molecule has 0 saturated carbocycles. The van der Waals surface area contributed by atoms with Crippen LogP contribution in [0, 0.1) is 5.82 Å². The average molecular weight is 478 g/mol. The first-order valence-corrected chi connectivity index (χ1v) is 11.4. The van der Waals surface area contributed by atoms with Gasteiger partial charge in [-0.15, -0.1) is 0 Å². The Kier molecular flexibility index (Phi) is 7.07. The Hall–Kier alpha value is -3.85. The van der Waals surface area contributed by atoms with Crippen LogP contribution in [0.1, 0.15) is 31.1 Å². The van der Waals surface area contributed by atoms with E-state index in [0.29, 0.717) is 42.5 Å². The van der Waals surface area contributed by atoms with Crippen molar-refractivity contribution in [3.05, 3.63) is 78.5 Å². The lowest BCUT2D eigenvalue weighted by Crippen LogP contribution is -2.63. The number of anilines is 1. The molecule has 182 valence electrons. The number of rotatable bonds is 6. The maximum atomic E-state index is 13.0. The molecule has 1 aliphatic rings. The van der Waals surface area contributed by atoms with Crippen molar-refractivity contribution in [2.75, 3.05) is 25.0 Å². The normalized spacial score (nSPS) is 16.4. The van der Waals surface area contributed by atoms with Gasteiger partial charge in [-0.05, 0) is 69.3 Å². The van der Waals surface area contributed by atoms with E-state index in [1.807, 2.05) is 25.7 Å². The smallest absolute Gasteiger partial charge is 0.254 e. The fourth-order valence-corrected chi connectivity index (χ4v) is 4.10. The number of benzene rings is 1. The Morgan fingerprint density at radius 2 is 1.71 bits per heavy atom. The highest BCUT2D eigenvalue weighted by molar-refractivity contribution is 5.95.